The lowest BCUT2D eigenvalue weighted by Crippen LogP contribution is -2.37. The zero-order chi connectivity index (χ0) is 11.0. The van der Waals surface area contributed by atoms with Gasteiger partial charge in [-0.25, -0.2) is 5.01 Å². The molecule has 0 saturated heterocycles. The summed E-state index contributed by atoms with van der Waals surface area (Å²) in [5.74, 6) is 16.7. The number of hydrogen-bond donors (Lipinski definition) is 3. The van der Waals surface area contributed by atoms with E-state index in [1.54, 1.807) is 10.0 Å². The first-order valence-corrected chi connectivity index (χ1v) is 4.93. The van der Waals surface area contributed by atoms with Gasteiger partial charge in [0.2, 0.25) is 0 Å². The van der Waals surface area contributed by atoms with Gasteiger partial charge < -0.3 is 0 Å². The lowest BCUT2D eigenvalue weighted by Gasteiger charge is -2.18. The van der Waals surface area contributed by atoms with E-state index in [0.29, 0.717) is 0 Å². The minimum atomic E-state index is 0.866. The third-order valence-electron chi connectivity index (χ3n) is 1.91. The summed E-state index contributed by atoms with van der Waals surface area (Å²) in [4.78, 5) is 0. The molecule has 0 aromatic heterocycles. The van der Waals surface area contributed by atoms with E-state index in [4.69, 9.17) is 17.5 Å². The van der Waals surface area contributed by atoms with Crippen LogP contribution in [0.2, 0.25) is 0 Å². The number of nitrogens with zero attached hydrogens (tertiary/aromatic N) is 3. The lowest BCUT2D eigenvalue weighted by molar-refractivity contribution is 0.234. The molecule has 86 valence electrons. The largest absolute Gasteiger partial charge is 0.269 e. The molecule has 0 aliphatic heterocycles. The molecule has 0 aliphatic rings. The second-order valence-electron chi connectivity index (χ2n) is 3.70. The summed E-state index contributed by atoms with van der Waals surface area (Å²) in [6, 6.07) is 0. The highest BCUT2D eigenvalue weighted by Gasteiger charge is 1.99. The Balaban J connectivity index is 3.23. The summed E-state index contributed by atoms with van der Waals surface area (Å²) >= 11 is 0. The molecule has 0 aromatic rings. The molecule has 0 atom stereocenters. The predicted octanol–water partition coefficient (Wildman–Crippen LogP) is -1.45. The third-order valence-corrected chi connectivity index (χ3v) is 1.91. The van der Waals surface area contributed by atoms with Gasteiger partial charge in [-0.1, -0.05) is 0 Å². The quantitative estimate of drug-likeness (QED) is 0.331. The maximum Gasteiger partial charge on any atom is 0.0141 e. The van der Waals surface area contributed by atoms with Gasteiger partial charge in [-0.3, -0.25) is 27.5 Å². The zero-order valence-electron chi connectivity index (χ0n) is 9.32. The minimum absolute atomic E-state index is 0.866. The van der Waals surface area contributed by atoms with Gasteiger partial charge in [0.15, 0.2) is 0 Å². The van der Waals surface area contributed by atoms with Crippen molar-refractivity contribution >= 4 is 0 Å². The summed E-state index contributed by atoms with van der Waals surface area (Å²) in [5.41, 5.74) is 0. The Morgan fingerprint density at radius 3 is 1.36 bits per heavy atom. The van der Waals surface area contributed by atoms with Crippen molar-refractivity contribution in [3.63, 3.8) is 0 Å². The average molecular weight is 204 g/mol. The molecule has 0 unspecified atom stereocenters. The van der Waals surface area contributed by atoms with E-state index in [1.807, 2.05) is 19.1 Å². The molecule has 14 heavy (non-hydrogen) atoms. The van der Waals surface area contributed by atoms with Crippen molar-refractivity contribution in [2.45, 2.75) is 12.8 Å². The van der Waals surface area contributed by atoms with E-state index in [9.17, 15) is 0 Å². The minimum Gasteiger partial charge on any atom is -0.269 e. The number of hydrogen-bond acceptors (Lipinski definition) is 6. The molecule has 0 bridgehead atoms. The van der Waals surface area contributed by atoms with Gasteiger partial charge in [0.05, 0.1) is 0 Å². The molecule has 0 aliphatic carbocycles. The van der Waals surface area contributed by atoms with Gasteiger partial charge in [-0.2, -0.15) is 0 Å². The van der Waals surface area contributed by atoms with Crippen LogP contribution >= 0.6 is 0 Å². The second-order valence-corrected chi connectivity index (χ2v) is 3.70. The summed E-state index contributed by atoms with van der Waals surface area (Å²) in [5, 5.41) is 5.15. The first-order chi connectivity index (χ1) is 6.52. The highest BCUT2D eigenvalue weighted by molar-refractivity contribution is 4.52. The van der Waals surface area contributed by atoms with E-state index in [-0.39, 0.29) is 0 Å². The Kier molecular flexibility index (Phi) is 7.96. The van der Waals surface area contributed by atoms with E-state index in [2.05, 4.69) is 0 Å². The maximum atomic E-state index is 5.76. The molecule has 0 saturated carbocycles. The Morgan fingerprint density at radius 2 is 1.07 bits per heavy atom. The molecule has 0 amide bonds. The smallest absolute Gasteiger partial charge is 0.0141 e. The zero-order valence-corrected chi connectivity index (χ0v) is 9.32. The molecular formula is C8H24N6. The van der Waals surface area contributed by atoms with Crippen LogP contribution in [0.3, 0.4) is 0 Å². The molecule has 0 fully saturated rings. The molecular weight excluding hydrogens is 180 g/mol. The van der Waals surface area contributed by atoms with Crippen molar-refractivity contribution in [2.75, 3.05) is 40.3 Å². The highest BCUT2D eigenvalue weighted by atomic mass is 15.4. The number of nitrogens with two attached hydrogens (primary N) is 3. The summed E-state index contributed by atoms with van der Waals surface area (Å²) < 4.78 is 0. The molecule has 0 heterocycles. The standard InChI is InChI=1S/C8H24N6/c1-12(9)5-3-7-14(11)8-4-6-13(2)10/h3-11H2,1-2H3. The van der Waals surface area contributed by atoms with Gasteiger partial charge >= 0.3 is 0 Å². The SMILES string of the molecule is CN(N)CCCN(N)CCCN(C)N. The van der Waals surface area contributed by atoms with Crippen molar-refractivity contribution in [3.8, 4) is 0 Å². The number of hydrazine groups is 3. The first kappa shape index (κ1) is 13.8. The summed E-state index contributed by atoms with van der Waals surface area (Å²) in [6.07, 6.45) is 1.98. The predicted molar refractivity (Wildman–Crippen MR) is 58.6 cm³/mol. The topological polar surface area (TPSA) is 87.8 Å². The monoisotopic (exact) mass is 204 g/mol. The normalized spacial score (nSPS) is 12.0. The summed E-state index contributed by atoms with van der Waals surface area (Å²) in [7, 11) is 3.70. The molecule has 6 nitrogen and oxygen atoms in total. The van der Waals surface area contributed by atoms with E-state index >= 15 is 0 Å². The molecule has 0 rings (SSSR count). The van der Waals surface area contributed by atoms with Crippen LogP contribution in [0.15, 0.2) is 0 Å². The summed E-state index contributed by atoms with van der Waals surface area (Å²) in [6.45, 7) is 3.47. The van der Waals surface area contributed by atoms with Gasteiger partial charge in [0, 0.05) is 40.3 Å². The van der Waals surface area contributed by atoms with Gasteiger partial charge in [0.25, 0.3) is 0 Å². The van der Waals surface area contributed by atoms with Crippen LogP contribution in [0.25, 0.3) is 0 Å². The van der Waals surface area contributed by atoms with Crippen molar-refractivity contribution < 1.29 is 0 Å². The Labute approximate surface area is 86.5 Å². The van der Waals surface area contributed by atoms with Crippen LogP contribution in [0, 0.1) is 0 Å². The van der Waals surface area contributed by atoms with Gasteiger partial charge in [0.1, 0.15) is 0 Å². The highest BCUT2D eigenvalue weighted by Crippen LogP contribution is 1.89. The Bertz CT molecular complexity index is 113. The van der Waals surface area contributed by atoms with E-state index < -0.39 is 0 Å². The van der Waals surface area contributed by atoms with Gasteiger partial charge in [-0.15, -0.1) is 0 Å². The van der Waals surface area contributed by atoms with Gasteiger partial charge in [-0.05, 0) is 12.8 Å². The Morgan fingerprint density at radius 1 is 0.714 bits per heavy atom. The third kappa shape index (κ3) is 9.85. The molecule has 0 radical (unpaired) electrons. The second kappa shape index (κ2) is 8.10. The fraction of sp³-hybridized carbons (Fsp3) is 1.00. The van der Waals surface area contributed by atoms with Crippen LogP contribution in [0.4, 0.5) is 0 Å². The lowest BCUT2D eigenvalue weighted by atomic mass is 10.3. The molecule has 6 heteroatoms. The maximum absolute atomic E-state index is 5.76. The van der Waals surface area contributed by atoms with Crippen molar-refractivity contribution in [1.29, 1.82) is 0 Å². The van der Waals surface area contributed by atoms with E-state index in [1.165, 1.54) is 0 Å². The molecule has 6 N–H and O–H groups in total. The van der Waals surface area contributed by atoms with Crippen LogP contribution in [-0.2, 0) is 0 Å². The molecule has 0 spiro atoms. The van der Waals surface area contributed by atoms with Crippen molar-refractivity contribution in [2.24, 2.45) is 17.5 Å². The Hall–Kier alpha value is -0.240. The fourth-order valence-electron chi connectivity index (χ4n) is 1.16. The van der Waals surface area contributed by atoms with Crippen LogP contribution in [0.5, 0.6) is 0 Å². The van der Waals surface area contributed by atoms with Crippen molar-refractivity contribution in [3.05, 3.63) is 0 Å². The van der Waals surface area contributed by atoms with Crippen LogP contribution in [0.1, 0.15) is 12.8 Å². The average Bonchev–Trinajstić information content (AvgIpc) is 2.02. The van der Waals surface area contributed by atoms with Crippen LogP contribution < -0.4 is 17.5 Å². The van der Waals surface area contributed by atoms with Crippen molar-refractivity contribution in [1.82, 2.24) is 15.0 Å². The molecule has 0 aromatic carbocycles. The van der Waals surface area contributed by atoms with E-state index in [0.717, 1.165) is 39.0 Å². The fourth-order valence-corrected chi connectivity index (χ4v) is 1.16. The first-order valence-electron chi connectivity index (χ1n) is 4.93. The number of rotatable bonds is 8. The van der Waals surface area contributed by atoms with Crippen LogP contribution in [-0.4, -0.2) is 55.3 Å².